The molecule has 1 heterocycles. The number of ether oxygens (including phenoxy) is 2. The van der Waals surface area contributed by atoms with Crippen LogP contribution in [0.1, 0.15) is 98.3 Å². The first-order valence-electron chi connectivity index (χ1n) is 13.2. The fourth-order valence-electron chi connectivity index (χ4n) is 3.63. The van der Waals surface area contributed by atoms with Gasteiger partial charge in [-0.25, -0.2) is 0 Å². The summed E-state index contributed by atoms with van der Waals surface area (Å²) in [4.78, 5) is 45.4. The summed E-state index contributed by atoms with van der Waals surface area (Å²) in [6.07, 6.45) is 6.43. The van der Waals surface area contributed by atoms with Gasteiger partial charge in [-0.15, -0.1) is 0 Å². The van der Waals surface area contributed by atoms with E-state index in [1.54, 1.807) is 0 Å². The number of carbonyl (C=O) groups excluding carboxylic acids is 4. The van der Waals surface area contributed by atoms with E-state index in [4.69, 9.17) is 14.0 Å². The molecule has 17 heteroatoms. The normalized spacial score (nSPS) is 15.4. The SMILES string of the molecule is CCCCC(CC)COC(=O)CC(C(=O)OCC(CC)CCCC)S(=O)(=O)O.O=C1CCC(=O)N1S(=O)(=O)O.[NaH].[NaH]. The molecule has 1 aliphatic rings. The maximum atomic E-state index is 12.2. The van der Waals surface area contributed by atoms with Gasteiger partial charge in [-0.05, 0) is 24.7 Å². The van der Waals surface area contributed by atoms with Gasteiger partial charge in [-0.2, -0.15) is 21.1 Å². The molecule has 2 N–H and O–H groups in total. The fraction of sp³-hybridized carbons (Fsp3) is 0.833. The second-order valence-electron chi connectivity index (χ2n) is 9.38. The fourth-order valence-corrected chi connectivity index (χ4v) is 4.99. The van der Waals surface area contributed by atoms with Gasteiger partial charge >= 0.3 is 81.4 Å². The first-order chi connectivity index (χ1) is 18.1. The standard InChI is InChI=1S/C20H38O7S.C4H5NO5S.2Na.2H/c1-5-9-11-16(7-3)14-26-19(21)13-18(28(23,24)25)20(22)27-15-17(8-4)12-10-6-2;6-3-1-2-4(7)5(3)11(8,9)10;;;;/h16-18H,5-15H2,1-4H3,(H,23,24,25);1-2H2,(H,8,9,10);;;;. The molecular formula is C24H45NNa2O12S2. The Labute approximate surface area is 288 Å². The third-order valence-corrected chi connectivity index (χ3v) is 8.19. The van der Waals surface area contributed by atoms with Crippen molar-refractivity contribution in [3.8, 4) is 0 Å². The van der Waals surface area contributed by atoms with Crippen LogP contribution < -0.4 is 0 Å². The average molecular weight is 650 g/mol. The van der Waals surface area contributed by atoms with E-state index in [1.807, 2.05) is 13.8 Å². The number of carbonyl (C=O) groups is 4. The van der Waals surface area contributed by atoms with Gasteiger partial charge in [0.2, 0.25) is 11.8 Å². The summed E-state index contributed by atoms with van der Waals surface area (Å²) in [5, 5.41) is -1.95. The molecule has 1 saturated heterocycles. The molecule has 3 atom stereocenters. The van der Waals surface area contributed by atoms with E-state index in [9.17, 15) is 40.6 Å². The molecule has 13 nitrogen and oxygen atoms in total. The van der Waals surface area contributed by atoms with Crippen molar-refractivity contribution in [1.82, 2.24) is 4.31 Å². The molecule has 0 saturated carbocycles. The van der Waals surface area contributed by atoms with Gasteiger partial charge in [-0.3, -0.25) is 28.3 Å². The predicted octanol–water partition coefficient (Wildman–Crippen LogP) is 1.79. The van der Waals surface area contributed by atoms with Gasteiger partial charge in [0.25, 0.3) is 10.1 Å². The van der Waals surface area contributed by atoms with Crippen LogP contribution in [0, 0.1) is 11.8 Å². The van der Waals surface area contributed by atoms with Crippen LogP contribution in [-0.4, -0.2) is 132 Å². The van der Waals surface area contributed by atoms with Crippen molar-refractivity contribution in [2.75, 3.05) is 13.2 Å². The molecule has 0 aliphatic carbocycles. The van der Waals surface area contributed by atoms with Crippen LogP contribution in [0.2, 0.25) is 0 Å². The molecular weight excluding hydrogens is 604 g/mol. The molecule has 0 bridgehead atoms. The van der Waals surface area contributed by atoms with Crippen LogP contribution in [0.5, 0.6) is 0 Å². The number of amides is 2. The van der Waals surface area contributed by atoms with Gasteiger partial charge in [0.05, 0.1) is 19.6 Å². The van der Waals surface area contributed by atoms with Gasteiger partial charge in [0.1, 0.15) is 0 Å². The topological polar surface area (TPSA) is 199 Å². The second kappa shape index (κ2) is 23.3. The van der Waals surface area contributed by atoms with Crippen LogP contribution in [0.4, 0.5) is 0 Å². The Morgan fingerprint density at radius 3 is 1.54 bits per heavy atom. The van der Waals surface area contributed by atoms with Gasteiger partial charge in [0, 0.05) is 12.8 Å². The van der Waals surface area contributed by atoms with Crippen LogP contribution >= 0.6 is 0 Å². The van der Waals surface area contributed by atoms with Crippen molar-refractivity contribution in [2.24, 2.45) is 11.8 Å². The number of hydrogen-bond donors (Lipinski definition) is 2. The molecule has 0 aromatic heterocycles. The average Bonchev–Trinajstić information content (AvgIpc) is 3.20. The number of hydrogen-bond acceptors (Lipinski definition) is 10. The second-order valence-corrected chi connectivity index (χ2v) is 12.2. The summed E-state index contributed by atoms with van der Waals surface area (Å²) in [6.45, 7) is 8.35. The molecule has 1 fully saturated rings. The van der Waals surface area contributed by atoms with Crippen molar-refractivity contribution < 1.29 is 54.6 Å². The molecule has 0 radical (unpaired) electrons. The Hall–Kier alpha value is -0.1000. The summed E-state index contributed by atoms with van der Waals surface area (Å²) in [5.41, 5.74) is 0. The van der Waals surface area contributed by atoms with Crippen molar-refractivity contribution in [3.05, 3.63) is 0 Å². The monoisotopic (exact) mass is 649 g/mol. The van der Waals surface area contributed by atoms with Crippen LogP contribution in [0.3, 0.4) is 0 Å². The number of imide groups is 1. The first-order valence-corrected chi connectivity index (χ1v) is 16.1. The Balaban J connectivity index is -0.000000929. The number of nitrogens with zero attached hydrogens (tertiary/aromatic N) is 1. The number of esters is 2. The summed E-state index contributed by atoms with van der Waals surface area (Å²) >= 11 is 0. The summed E-state index contributed by atoms with van der Waals surface area (Å²) in [5.74, 6) is -3.36. The van der Waals surface area contributed by atoms with Crippen LogP contribution in [0.25, 0.3) is 0 Å². The molecule has 1 rings (SSSR count). The van der Waals surface area contributed by atoms with Crippen LogP contribution in [0.15, 0.2) is 0 Å². The third-order valence-electron chi connectivity index (χ3n) is 6.24. The van der Waals surface area contributed by atoms with E-state index < -0.39 is 55.8 Å². The molecule has 2 amide bonds. The van der Waals surface area contributed by atoms with Crippen molar-refractivity contribution in [2.45, 2.75) is 104 Å². The maximum absolute atomic E-state index is 12.2. The number of rotatable bonds is 17. The Morgan fingerprint density at radius 2 is 1.22 bits per heavy atom. The van der Waals surface area contributed by atoms with E-state index in [2.05, 4.69) is 13.8 Å². The third kappa shape index (κ3) is 19.0. The molecule has 3 unspecified atom stereocenters. The quantitative estimate of drug-likeness (QED) is 0.100. The van der Waals surface area contributed by atoms with Gasteiger partial charge in [-0.1, -0.05) is 66.2 Å². The van der Waals surface area contributed by atoms with Gasteiger partial charge < -0.3 is 9.47 Å². The van der Waals surface area contributed by atoms with E-state index in [1.165, 1.54) is 0 Å². The zero-order valence-electron chi connectivity index (χ0n) is 23.2. The molecule has 41 heavy (non-hydrogen) atoms. The predicted molar refractivity (Wildman–Crippen MR) is 155 cm³/mol. The summed E-state index contributed by atoms with van der Waals surface area (Å²) < 4.78 is 71.5. The van der Waals surface area contributed by atoms with Crippen LogP contribution in [-0.2, 0) is 49.1 Å². The van der Waals surface area contributed by atoms with E-state index >= 15 is 0 Å². The molecule has 0 spiro atoms. The molecule has 0 aromatic rings. The van der Waals surface area contributed by atoms with E-state index in [0.717, 1.165) is 51.4 Å². The van der Waals surface area contributed by atoms with Crippen molar-refractivity contribution in [1.29, 1.82) is 0 Å². The van der Waals surface area contributed by atoms with Crippen molar-refractivity contribution in [3.63, 3.8) is 0 Å². The molecule has 1 aliphatic heterocycles. The Kier molecular flexibility index (Phi) is 25.8. The zero-order valence-corrected chi connectivity index (χ0v) is 24.8. The summed E-state index contributed by atoms with van der Waals surface area (Å²) in [6, 6.07) is 0. The minimum atomic E-state index is -4.76. The minimum absolute atomic E-state index is 0. The summed E-state index contributed by atoms with van der Waals surface area (Å²) in [7, 11) is -9.43. The van der Waals surface area contributed by atoms with Crippen molar-refractivity contribution >= 4 is 103 Å². The molecule has 232 valence electrons. The first kappa shape index (κ1) is 45.3. The number of unbranched alkanes of at least 4 members (excludes halogenated alkanes) is 2. The Bertz CT molecular complexity index is 1010. The van der Waals surface area contributed by atoms with E-state index in [0.29, 0.717) is 0 Å². The van der Waals surface area contributed by atoms with E-state index in [-0.39, 0.29) is 101 Å². The van der Waals surface area contributed by atoms with Gasteiger partial charge in [0.15, 0.2) is 5.25 Å². The Morgan fingerprint density at radius 1 is 0.805 bits per heavy atom. The zero-order chi connectivity index (χ0) is 30.2. The molecule has 0 aromatic carbocycles.